The van der Waals surface area contributed by atoms with Crippen molar-refractivity contribution < 1.29 is 13.9 Å². The fraction of sp³-hybridized carbons (Fsp3) is 0.200. The van der Waals surface area contributed by atoms with Crippen molar-refractivity contribution in [3.63, 3.8) is 0 Å². The maximum absolute atomic E-state index is 13.5. The molecule has 1 aromatic carbocycles. The fourth-order valence-electron chi connectivity index (χ4n) is 2.26. The average Bonchev–Trinajstić information content (AvgIpc) is 3.00. The molecule has 0 fully saturated rings. The van der Waals surface area contributed by atoms with Crippen LogP contribution in [0.2, 0.25) is 0 Å². The summed E-state index contributed by atoms with van der Waals surface area (Å²) in [7, 11) is 2.68. The molecule has 0 radical (unpaired) electrons. The highest BCUT2D eigenvalue weighted by Gasteiger charge is 2.14. The van der Waals surface area contributed by atoms with E-state index in [4.69, 9.17) is 4.74 Å². The highest BCUT2D eigenvalue weighted by atomic mass is 32.1. The van der Waals surface area contributed by atoms with Crippen molar-refractivity contribution in [1.82, 2.24) is 18.8 Å². The Morgan fingerprint density at radius 3 is 2.84 bits per heavy atom. The lowest BCUT2D eigenvalue weighted by atomic mass is 10.2. The SMILES string of the molecule is CNC(=O)OCc1nsc2ccc(-n3c(=O)cc(F)n(C)c3=O)cc12. The zero-order chi connectivity index (χ0) is 18.1. The van der Waals surface area contributed by atoms with Gasteiger partial charge < -0.3 is 10.1 Å². The van der Waals surface area contributed by atoms with Crippen molar-refractivity contribution >= 4 is 27.7 Å². The molecule has 1 amide bonds. The van der Waals surface area contributed by atoms with E-state index in [1.165, 1.54) is 25.6 Å². The molecule has 0 aliphatic rings. The van der Waals surface area contributed by atoms with Crippen LogP contribution in [0.4, 0.5) is 9.18 Å². The van der Waals surface area contributed by atoms with Crippen LogP contribution in [0.1, 0.15) is 5.69 Å². The van der Waals surface area contributed by atoms with E-state index < -0.39 is 23.3 Å². The molecule has 130 valence electrons. The molecule has 2 heterocycles. The molecule has 1 N–H and O–H groups in total. The van der Waals surface area contributed by atoms with Crippen molar-refractivity contribution in [2.75, 3.05) is 7.05 Å². The van der Waals surface area contributed by atoms with E-state index in [-0.39, 0.29) is 12.3 Å². The van der Waals surface area contributed by atoms with Gasteiger partial charge in [-0.2, -0.15) is 8.76 Å². The largest absolute Gasteiger partial charge is 0.443 e. The number of alkyl carbamates (subject to hydrolysis) is 1. The lowest BCUT2D eigenvalue weighted by Gasteiger charge is -2.08. The second-order valence-electron chi connectivity index (χ2n) is 5.12. The van der Waals surface area contributed by atoms with Crippen LogP contribution in [0.3, 0.4) is 0 Å². The van der Waals surface area contributed by atoms with Crippen molar-refractivity contribution in [1.29, 1.82) is 0 Å². The Labute approximate surface area is 144 Å². The minimum atomic E-state index is -0.913. The van der Waals surface area contributed by atoms with E-state index in [1.807, 2.05) is 0 Å². The fourth-order valence-corrected chi connectivity index (χ4v) is 3.03. The molecule has 3 aromatic rings. The maximum Gasteiger partial charge on any atom is 0.407 e. The van der Waals surface area contributed by atoms with E-state index in [0.717, 1.165) is 19.9 Å². The number of carbonyl (C=O) groups excluding carboxylic acids is 1. The Hall–Kier alpha value is -3.01. The van der Waals surface area contributed by atoms with Gasteiger partial charge in [0.05, 0.1) is 22.1 Å². The number of benzene rings is 1. The lowest BCUT2D eigenvalue weighted by Crippen LogP contribution is -2.38. The van der Waals surface area contributed by atoms with Crippen molar-refractivity contribution in [2.45, 2.75) is 6.61 Å². The number of fused-ring (bicyclic) bond motifs is 1. The molecule has 0 aliphatic heterocycles. The number of ether oxygens (including phenoxy) is 1. The minimum Gasteiger partial charge on any atom is -0.443 e. The van der Waals surface area contributed by atoms with Crippen LogP contribution in [-0.2, 0) is 18.4 Å². The molecule has 2 aromatic heterocycles. The van der Waals surface area contributed by atoms with E-state index in [9.17, 15) is 18.8 Å². The summed E-state index contributed by atoms with van der Waals surface area (Å²) >= 11 is 1.20. The standard InChI is InChI=1S/C15H13FN4O4S/c1-17-14(22)24-7-10-9-5-8(3-4-11(9)25-18-10)20-13(21)6-12(16)19(2)15(20)23/h3-6H,7H2,1-2H3,(H,17,22). The van der Waals surface area contributed by atoms with Gasteiger partial charge in [-0.15, -0.1) is 0 Å². The number of rotatable bonds is 3. The topological polar surface area (TPSA) is 95.2 Å². The predicted octanol–water partition coefficient (Wildman–Crippen LogP) is 1.14. The molecular formula is C15H13FN4O4S. The van der Waals surface area contributed by atoms with Gasteiger partial charge in [0, 0.05) is 19.5 Å². The van der Waals surface area contributed by atoms with E-state index in [1.54, 1.807) is 18.2 Å². The molecule has 0 aliphatic carbocycles. The molecule has 3 rings (SSSR count). The number of hydrogen-bond acceptors (Lipinski definition) is 6. The van der Waals surface area contributed by atoms with Crippen LogP contribution in [0.5, 0.6) is 0 Å². The van der Waals surface area contributed by atoms with Crippen LogP contribution in [-0.4, -0.2) is 26.6 Å². The third-order valence-corrected chi connectivity index (χ3v) is 4.46. The summed E-state index contributed by atoms with van der Waals surface area (Å²) in [5.41, 5.74) is -0.793. The van der Waals surface area contributed by atoms with E-state index in [0.29, 0.717) is 11.1 Å². The first-order valence-electron chi connectivity index (χ1n) is 7.14. The molecule has 0 atom stereocenters. The summed E-state index contributed by atoms with van der Waals surface area (Å²) in [6.45, 7) is -0.0561. The van der Waals surface area contributed by atoms with Crippen LogP contribution in [0.15, 0.2) is 33.9 Å². The maximum atomic E-state index is 13.5. The zero-order valence-corrected chi connectivity index (χ0v) is 14.1. The van der Waals surface area contributed by atoms with Gasteiger partial charge in [-0.25, -0.2) is 14.2 Å². The van der Waals surface area contributed by atoms with Crippen LogP contribution >= 0.6 is 11.5 Å². The number of carbonyl (C=O) groups is 1. The second-order valence-corrected chi connectivity index (χ2v) is 5.92. The first-order valence-corrected chi connectivity index (χ1v) is 7.91. The van der Waals surface area contributed by atoms with Crippen molar-refractivity contribution in [3.8, 4) is 5.69 Å². The number of amides is 1. The Balaban J connectivity index is 2.11. The Bertz CT molecular complexity index is 1090. The number of halogens is 1. The smallest absolute Gasteiger partial charge is 0.407 e. The first-order chi connectivity index (χ1) is 11.9. The molecular weight excluding hydrogens is 351 g/mol. The summed E-state index contributed by atoms with van der Waals surface area (Å²) in [6, 6.07) is 5.60. The Morgan fingerprint density at radius 2 is 2.12 bits per heavy atom. The lowest BCUT2D eigenvalue weighted by molar-refractivity contribution is 0.141. The van der Waals surface area contributed by atoms with Gasteiger partial charge in [0.1, 0.15) is 6.61 Å². The molecule has 0 saturated heterocycles. The third kappa shape index (κ3) is 3.03. The zero-order valence-electron chi connectivity index (χ0n) is 13.3. The van der Waals surface area contributed by atoms with Gasteiger partial charge in [-0.1, -0.05) is 0 Å². The average molecular weight is 364 g/mol. The molecule has 25 heavy (non-hydrogen) atoms. The van der Waals surface area contributed by atoms with Gasteiger partial charge in [0.25, 0.3) is 5.56 Å². The highest BCUT2D eigenvalue weighted by molar-refractivity contribution is 7.13. The Morgan fingerprint density at radius 1 is 1.36 bits per heavy atom. The summed E-state index contributed by atoms with van der Waals surface area (Å²) in [5, 5.41) is 2.97. The highest BCUT2D eigenvalue weighted by Crippen LogP contribution is 2.25. The van der Waals surface area contributed by atoms with Gasteiger partial charge >= 0.3 is 11.8 Å². The molecule has 0 bridgehead atoms. The quantitative estimate of drug-likeness (QED) is 0.703. The van der Waals surface area contributed by atoms with Gasteiger partial charge in [-0.05, 0) is 29.7 Å². The third-order valence-electron chi connectivity index (χ3n) is 3.59. The number of nitrogens with one attached hydrogen (secondary N) is 1. The Kier molecular flexibility index (Phi) is 4.36. The molecule has 0 spiro atoms. The predicted molar refractivity (Wildman–Crippen MR) is 89.7 cm³/mol. The van der Waals surface area contributed by atoms with Gasteiger partial charge in [-0.3, -0.25) is 9.36 Å². The molecule has 0 saturated carbocycles. The minimum absolute atomic E-state index is 0.0561. The van der Waals surface area contributed by atoms with Crippen molar-refractivity contribution in [2.24, 2.45) is 7.05 Å². The number of hydrogen-bond donors (Lipinski definition) is 1. The van der Waals surface area contributed by atoms with Gasteiger partial charge in [0.15, 0.2) is 0 Å². The van der Waals surface area contributed by atoms with Crippen LogP contribution in [0, 0.1) is 5.95 Å². The first kappa shape index (κ1) is 16.8. The molecule has 0 unspecified atom stereocenters. The number of aromatic nitrogens is 3. The summed E-state index contributed by atoms with van der Waals surface area (Å²) < 4.78 is 25.1. The van der Waals surface area contributed by atoms with Gasteiger partial charge in [0.2, 0.25) is 5.95 Å². The molecule has 10 heteroatoms. The van der Waals surface area contributed by atoms with Crippen molar-refractivity contribution in [3.05, 3.63) is 56.7 Å². The summed E-state index contributed by atoms with van der Waals surface area (Å²) in [4.78, 5) is 35.5. The van der Waals surface area contributed by atoms with E-state index in [2.05, 4.69) is 9.69 Å². The molecule has 8 nitrogen and oxygen atoms in total. The normalized spacial score (nSPS) is 10.8. The second kappa shape index (κ2) is 6.48. The van der Waals surface area contributed by atoms with Crippen LogP contribution < -0.4 is 16.6 Å². The monoisotopic (exact) mass is 364 g/mol. The van der Waals surface area contributed by atoms with E-state index >= 15 is 0 Å². The number of nitrogens with zero attached hydrogens (tertiary/aromatic N) is 3. The van der Waals surface area contributed by atoms with Crippen LogP contribution in [0.25, 0.3) is 15.8 Å². The summed E-state index contributed by atoms with van der Waals surface area (Å²) in [6.07, 6.45) is -0.596. The summed E-state index contributed by atoms with van der Waals surface area (Å²) in [5.74, 6) is -0.913.